The molecular weight excluding hydrogens is 280 g/mol. The zero-order valence-corrected chi connectivity index (χ0v) is 15.6. The molecule has 0 fully saturated rings. The van der Waals surface area contributed by atoms with Gasteiger partial charge in [0.2, 0.25) is 0 Å². The molecule has 0 aliphatic heterocycles. The summed E-state index contributed by atoms with van der Waals surface area (Å²) in [5.41, 5.74) is -1.30. The summed E-state index contributed by atoms with van der Waals surface area (Å²) in [6.45, 7) is 16.0. The Balaban J connectivity index is 5.71. The Morgan fingerprint density at radius 3 is 1.68 bits per heavy atom. The van der Waals surface area contributed by atoms with E-state index < -0.39 is 11.4 Å². The van der Waals surface area contributed by atoms with Crippen LogP contribution in [0.5, 0.6) is 0 Å². The second-order valence-electron chi connectivity index (χ2n) is 8.95. The van der Waals surface area contributed by atoms with Crippen molar-refractivity contribution in [1.82, 2.24) is 0 Å². The third-order valence-corrected chi connectivity index (χ3v) is 3.54. The Bertz CT molecular complexity index is 369. The molecule has 0 aromatic rings. The highest BCUT2D eigenvalue weighted by Gasteiger charge is 2.47. The van der Waals surface area contributed by atoms with E-state index in [1.54, 1.807) is 0 Å². The lowest BCUT2D eigenvalue weighted by Gasteiger charge is -2.40. The highest BCUT2D eigenvalue weighted by molar-refractivity contribution is 5.83. The number of hydrogen-bond acceptors (Lipinski definition) is 3. The van der Waals surface area contributed by atoms with Crippen molar-refractivity contribution in [3.05, 3.63) is 0 Å². The first kappa shape index (κ1) is 20.9. The fourth-order valence-corrected chi connectivity index (χ4v) is 3.11. The van der Waals surface area contributed by atoms with Gasteiger partial charge < -0.3 is 9.84 Å². The Kier molecular flexibility index (Phi) is 7.11. The van der Waals surface area contributed by atoms with Gasteiger partial charge in [0.1, 0.15) is 0 Å². The van der Waals surface area contributed by atoms with E-state index in [4.69, 9.17) is 4.74 Å². The fourth-order valence-electron chi connectivity index (χ4n) is 3.11. The number of ether oxygens (including phenoxy) is 1. The molecule has 0 aromatic carbocycles. The maximum absolute atomic E-state index is 12.8. The Labute approximate surface area is 135 Å². The van der Waals surface area contributed by atoms with Crippen LogP contribution in [0.25, 0.3) is 0 Å². The van der Waals surface area contributed by atoms with E-state index in [9.17, 15) is 14.7 Å². The van der Waals surface area contributed by atoms with Crippen molar-refractivity contribution in [3.8, 4) is 0 Å². The van der Waals surface area contributed by atoms with Crippen LogP contribution in [0.4, 0.5) is 0 Å². The molecule has 1 unspecified atom stereocenters. The molecule has 0 rings (SSSR count). The molecule has 1 N–H and O–H groups in total. The lowest BCUT2D eigenvalue weighted by atomic mass is 9.64. The van der Waals surface area contributed by atoms with Crippen molar-refractivity contribution in [2.45, 2.75) is 87.2 Å². The van der Waals surface area contributed by atoms with Crippen molar-refractivity contribution in [2.75, 3.05) is 0 Å². The van der Waals surface area contributed by atoms with Gasteiger partial charge in [-0.3, -0.25) is 9.59 Å². The highest BCUT2D eigenvalue weighted by atomic mass is 16.5. The van der Waals surface area contributed by atoms with Crippen LogP contribution in [0.1, 0.15) is 81.1 Å². The standard InChI is InChI=1S/C18H34O4/c1-9-13(2)22-15(21)18(10-14(19)20,11-16(3,4)5)12-17(6,7)8/h13H,9-12H2,1-8H3,(H,19,20). The second-order valence-corrected chi connectivity index (χ2v) is 8.95. The number of carboxylic acids is 1. The predicted molar refractivity (Wildman–Crippen MR) is 88.7 cm³/mol. The molecule has 4 nitrogen and oxygen atoms in total. The molecule has 0 spiro atoms. The SMILES string of the molecule is CCC(C)OC(=O)C(CC(=O)O)(CC(C)(C)C)CC(C)(C)C. The van der Waals surface area contributed by atoms with E-state index in [0.717, 1.165) is 6.42 Å². The van der Waals surface area contributed by atoms with Gasteiger partial charge in [-0.25, -0.2) is 0 Å². The van der Waals surface area contributed by atoms with Gasteiger partial charge in [-0.15, -0.1) is 0 Å². The molecule has 130 valence electrons. The van der Waals surface area contributed by atoms with E-state index in [-0.39, 0.29) is 29.3 Å². The molecule has 0 radical (unpaired) electrons. The lowest BCUT2D eigenvalue weighted by molar-refractivity contribution is -0.170. The molecule has 0 aliphatic carbocycles. The normalized spacial score (nSPS) is 14.5. The van der Waals surface area contributed by atoms with Gasteiger partial charge in [0.25, 0.3) is 0 Å². The fraction of sp³-hybridized carbons (Fsp3) is 0.889. The van der Waals surface area contributed by atoms with Crippen LogP contribution in [0.3, 0.4) is 0 Å². The average Bonchev–Trinajstić information content (AvgIpc) is 2.22. The molecule has 0 bridgehead atoms. The molecule has 0 saturated carbocycles. The number of carboxylic acid groups (broad SMARTS) is 1. The van der Waals surface area contributed by atoms with Gasteiger partial charge in [-0.05, 0) is 37.0 Å². The second kappa shape index (κ2) is 7.47. The van der Waals surface area contributed by atoms with Crippen LogP contribution < -0.4 is 0 Å². The molecule has 0 saturated heterocycles. The molecular formula is C18H34O4. The quantitative estimate of drug-likeness (QED) is 0.694. The Morgan fingerprint density at radius 1 is 1.00 bits per heavy atom. The van der Waals surface area contributed by atoms with Crippen molar-refractivity contribution < 1.29 is 19.4 Å². The number of aliphatic carboxylic acids is 1. The lowest BCUT2D eigenvalue weighted by Crippen LogP contribution is -2.42. The monoisotopic (exact) mass is 314 g/mol. The van der Waals surface area contributed by atoms with E-state index in [1.165, 1.54) is 0 Å². The van der Waals surface area contributed by atoms with Gasteiger partial charge in [0.05, 0.1) is 17.9 Å². The van der Waals surface area contributed by atoms with Crippen LogP contribution in [0.2, 0.25) is 0 Å². The number of hydrogen-bond donors (Lipinski definition) is 1. The van der Waals surface area contributed by atoms with Gasteiger partial charge in [0, 0.05) is 0 Å². The third kappa shape index (κ3) is 7.81. The number of rotatable bonds is 7. The first-order valence-electron chi connectivity index (χ1n) is 8.14. The third-order valence-electron chi connectivity index (χ3n) is 3.54. The van der Waals surface area contributed by atoms with E-state index in [1.807, 2.05) is 55.4 Å². The summed E-state index contributed by atoms with van der Waals surface area (Å²) in [5.74, 6) is -1.32. The zero-order valence-electron chi connectivity index (χ0n) is 15.6. The van der Waals surface area contributed by atoms with E-state index >= 15 is 0 Å². The minimum absolute atomic E-state index is 0.158. The van der Waals surface area contributed by atoms with Crippen LogP contribution in [-0.4, -0.2) is 23.1 Å². The first-order valence-corrected chi connectivity index (χ1v) is 8.14. The molecule has 0 heterocycles. The minimum atomic E-state index is -0.980. The smallest absolute Gasteiger partial charge is 0.312 e. The summed E-state index contributed by atoms with van der Waals surface area (Å²) in [6.07, 6.45) is 1.34. The van der Waals surface area contributed by atoms with Gasteiger partial charge in [-0.2, -0.15) is 0 Å². The van der Waals surface area contributed by atoms with Gasteiger partial charge in [0.15, 0.2) is 0 Å². The summed E-state index contributed by atoms with van der Waals surface area (Å²) in [5, 5.41) is 9.38. The van der Waals surface area contributed by atoms with Crippen molar-refractivity contribution >= 4 is 11.9 Å². The molecule has 4 heteroatoms. The number of carbonyl (C=O) groups excluding carboxylic acids is 1. The van der Waals surface area contributed by atoms with E-state index in [2.05, 4.69) is 0 Å². The molecule has 0 aromatic heterocycles. The maximum atomic E-state index is 12.8. The summed E-state index contributed by atoms with van der Waals surface area (Å²) >= 11 is 0. The largest absolute Gasteiger partial charge is 0.481 e. The molecule has 1 atom stereocenters. The van der Waals surface area contributed by atoms with Crippen LogP contribution in [0.15, 0.2) is 0 Å². The Hall–Kier alpha value is -1.06. The van der Waals surface area contributed by atoms with Crippen molar-refractivity contribution in [2.24, 2.45) is 16.2 Å². The van der Waals surface area contributed by atoms with Crippen molar-refractivity contribution in [3.63, 3.8) is 0 Å². The van der Waals surface area contributed by atoms with Gasteiger partial charge in [-0.1, -0.05) is 48.5 Å². The van der Waals surface area contributed by atoms with E-state index in [0.29, 0.717) is 12.8 Å². The summed E-state index contributed by atoms with van der Waals surface area (Å²) in [7, 11) is 0. The first-order chi connectivity index (χ1) is 9.71. The number of esters is 1. The molecule has 0 aliphatic rings. The maximum Gasteiger partial charge on any atom is 0.312 e. The van der Waals surface area contributed by atoms with Crippen LogP contribution >= 0.6 is 0 Å². The zero-order chi connectivity index (χ0) is 17.8. The topological polar surface area (TPSA) is 63.6 Å². The van der Waals surface area contributed by atoms with Crippen LogP contribution in [-0.2, 0) is 14.3 Å². The van der Waals surface area contributed by atoms with Crippen LogP contribution in [0, 0.1) is 16.2 Å². The molecule has 0 amide bonds. The van der Waals surface area contributed by atoms with Gasteiger partial charge >= 0.3 is 11.9 Å². The highest BCUT2D eigenvalue weighted by Crippen LogP contribution is 2.46. The summed E-state index contributed by atoms with van der Waals surface area (Å²) < 4.78 is 5.56. The summed E-state index contributed by atoms with van der Waals surface area (Å²) in [4.78, 5) is 24.3. The molecule has 22 heavy (non-hydrogen) atoms. The average molecular weight is 314 g/mol. The summed E-state index contributed by atoms with van der Waals surface area (Å²) in [6, 6.07) is 0. The number of carbonyl (C=O) groups is 2. The minimum Gasteiger partial charge on any atom is -0.481 e. The van der Waals surface area contributed by atoms with Crippen molar-refractivity contribution in [1.29, 1.82) is 0 Å². The Morgan fingerprint density at radius 2 is 1.41 bits per heavy atom. The predicted octanol–water partition coefficient (Wildman–Crippen LogP) is 4.66.